The molecule has 31 heavy (non-hydrogen) atoms. The maximum Gasteiger partial charge on any atom is 0.339 e. The summed E-state index contributed by atoms with van der Waals surface area (Å²) in [6.07, 6.45) is 0.459. The van der Waals surface area contributed by atoms with Gasteiger partial charge in [-0.2, -0.15) is 0 Å². The van der Waals surface area contributed by atoms with Crippen LogP contribution in [0.25, 0.3) is 0 Å². The van der Waals surface area contributed by atoms with Gasteiger partial charge in [0.25, 0.3) is 0 Å². The van der Waals surface area contributed by atoms with Crippen molar-refractivity contribution in [3.8, 4) is 0 Å². The SMILES string of the molecule is CCCCC(=O)N(Cc1ccccc1C(O)C(=O)OC)c1cccc(C(=O)OCC)c1. The average molecular weight is 427 g/mol. The first-order chi connectivity index (χ1) is 14.9. The summed E-state index contributed by atoms with van der Waals surface area (Å²) in [5, 5.41) is 10.4. The molecule has 0 saturated heterocycles. The predicted octanol–water partition coefficient (Wildman–Crippen LogP) is 3.79. The normalized spacial score (nSPS) is 11.5. The maximum absolute atomic E-state index is 13.0. The van der Waals surface area contributed by atoms with E-state index in [1.807, 2.05) is 6.92 Å². The van der Waals surface area contributed by atoms with Crippen LogP contribution >= 0.6 is 0 Å². The number of aliphatic hydroxyl groups excluding tert-OH is 1. The minimum Gasteiger partial charge on any atom is -0.467 e. The summed E-state index contributed by atoms with van der Waals surface area (Å²) in [7, 11) is 1.20. The first-order valence-electron chi connectivity index (χ1n) is 10.3. The van der Waals surface area contributed by atoms with Gasteiger partial charge in [0.15, 0.2) is 6.10 Å². The number of methoxy groups -OCH3 is 1. The van der Waals surface area contributed by atoms with Gasteiger partial charge in [0.05, 0.1) is 25.8 Å². The van der Waals surface area contributed by atoms with E-state index in [-0.39, 0.29) is 19.1 Å². The zero-order chi connectivity index (χ0) is 22.8. The largest absolute Gasteiger partial charge is 0.467 e. The number of anilines is 1. The van der Waals surface area contributed by atoms with Gasteiger partial charge in [-0.15, -0.1) is 0 Å². The zero-order valence-corrected chi connectivity index (χ0v) is 18.2. The van der Waals surface area contributed by atoms with Crippen LogP contribution in [0.2, 0.25) is 0 Å². The number of benzene rings is 2. The number of carbonyl (C=O) groups is 3. The van der Waals surface area contributed by atoms with Crippen LogP contribution in [0.4, 0.5) is 5.69 Å². The molecule has 2 aromatic rings. The molecule has 166 valence electrons. The number of esters is 2. The van der Waals surface area contributed by atoms with Crippen LogP contribution in [-0.2, 0) is 25.6 Å². The molecule has 0 heterocycles. The van der Waals surface area contributed by atoms with Crippen LogP contribution in [0, 0.1) is 0 Å². The van der Waals surface area contributed by atoms with E-state index in [1.165, 1.54) is 7.11 Å². The highest BCUT2D eigenvalue weighted by Crippen LogP contribution is 2.25. The van der Waals surface area contributed by atoms with E-state index in [4.69, 9.17) is 4.74 Å². The van der Waals surface area contributed by atoms with Crippen LogP contribution in [0.5, 0.6) is 0 Å². The molecule has 0 aliphatic rings. The fourth-order valence-corrected chi connectivity index (χ4v) is 3.16. The summed E-state index contributed by atoms with van der Waals surface area (Å²) in [5.74, 6) is -1.36. The second kappa shape index (κ2) is 11.9. The second-order valence-corrected chi connectivity index (χ2v) is 6.98. The lowest BCUT2D eigenvalue weighted by Crippen LogP contribution is -2.31. The van der Waals surface area contributed by atoms with Gasteiger partial charge in [-0.3, -0.25) is 4.79 Å². The van der Waals surface area contributed by atoms with Crippen molar-refractivity contribution in [3.63, 3.8) is 0 Å². The Hall–Kier alpha value is -3.19. The van der Waals surface area contributed by atoms with E-state index in [9.17, 15) is 19.5 Å². The monoisotopic (exact) mass is 427 g/mol. The molecule has 0 aliphatic carbocycles. The summed E-state index contributed by atoms with van der Waals surface area (Å²) in [6.45, 7) is 4.10. The Morgan fingerprint density at radius 3 is 2.48 bits per heavy atom. The Bertz CT molecular complexity index is 910. The van der Waals surface area contributed by atoms with Crippen molar-refractivity contribution in [3.05, 3.63) is 65.2 Å². The highest BCUT2D eigenvalue weighted by molar-refractivity contribution is 5.96. The summed E-state index contributed by atoms with van der Waals surface area (Å²) in [5.41, 5.74) is 1.85. The van der Waals surface area contributed by atoms with Crippen molar-refractivity contribution in [2.75, 3.05) is 18.6 Å². The van der Waals surface area contributed by atoms with E-state index >= 15 is 0 Å². The standard InChI is InChI=1S/C24H29NO6/c1-4-6-14-21(26)25(19-12-9-11-17(15-19)23(28)31-5-2)16-18-10-7-8-13-20(18)22(27)24(29)30-3/h7-13,15,22,27H,4-6,14,16H2,1-3H3. The molecule has 1 N–H and O–H groups in total. The molecule has 7 heteroatoms. The van der Waals surface area contributed by atoms with E-state index in [0.29, 0.717) is 28.8 Å². The average Bonchev–Trinajstić information content (AvgIpc) is 2.80. The molecule has 7 nitrogen and oxygen atoms in total. The molecule has 0 bridgehead atoms. The van der Waals surface area contributed by atoms with Gasteiger partial charge < -0.3 is 19.5 Å². The number of ether oxygens (including phenoxy) is 2. The lowest BCUT2D eigenvalue weighted by Gasteiger charge is -2.25. The Kier molecular flexibility index (Phi) is 9.21. The molecule has 0 saturated carbocycles. The smallest absolute Gasteiger partial charge is 0.339 e. The molecule has 1 unspecified atom stereocenters. The summed E-state index contributed by atoms with van der Waals surface area (Å²) < 4.78 is 9.72. The van der Waals surface area contributed by atoms with Crippen molar-refractivity contribution < 1.29 is 29.0 Å². The molecule has 0 aliphatic heterocycles. The topological polar surface area (TPSA) is 93.1 Å². The second-order valence-electron chi connectivity index (χ2n) is 6.98. The molecule has 2 aromatic carbocycles. The number of amides is 1. The van der Waals surface area contributed by atoms with Crippen molar-refractivity contribution in [2.24, 2.45) is 0 Å². The van der Waals surface area contributed by atoms with Crippen LogP contribution in [0.15, 0.2) is 48.5 Å². The molecular formula is C24H29NO6. The Morgan fingerprint density at radius 2 is 1.81 bits per heavy atom. The zero-order valence-electron chi connectivity index (χ0n) is 18.2. The first kappa shape index (κ1) is 24.1. The molecule has 0 aromatic heterocycles. The summed E-state index contributed by atoms with van der Waals surface area (Å²) in [6, 6.07) is 13.5. The number of rotatable bonds is 10. The van der Waals surface area contributed by atoms with Gasteiger partial charge in [-0.05, 0) is 42.7 Å². The third kappa shape index (κ3) is 6.39. The summed E-state index contributed by atoms with van der Waals surface area (Å²) in [4.78, 5) is 38.6. The minimum absolute atomic E-state index is 0.120. The maximum atomic E-state index is 13.0. The summed E-state index contributed by atoms with van der Waals surface area (Å²) >= 11 is 0. The van der Waals surface area contributed by atoms with Crippen LogP contribution in [0.1, 0.15) is 60.7 Å². The van der Waals surface area contributed by atoms with Gasteiger partial charge in [-0.1, -0.05) is 43.7 Å². The molecule has 1 atom stereocenters. The van der Waals surface area contributed by atoms with E-state index in [0.717, 1.165) is 12.8 Å². The number of carbonyl (C=O) groups excluding carboxylic acids is 3. The van der Waals surface area contributed by atoms with E-state index < -0.39 is 18.0 Å². The van der Waals surface area contributed by atoms with Gasteiger partial charge in [0.2, 0.25) is 5.91 Å². The Balaban J connectivity index is 2.43. The number of nitrogens with zero attached hydrogens (tertiary/aromatic N) is 1. The minimum atomic E-state index is -1.46. The van der Waals surface area contributed by atoms with Gasteiger partial charge >= 0.3 is 11.9 Å². The third-order valence-electron chi connectivity index (χ3n) is 4.82. The fraction of sp³-hybridized carbons (Fsp3) is 0.375. The number of unbranched alkanes of at least 4 members (excludes halogenated alkanes) is 1. The Labute approximate surface area is 182 Å². The Morgan fingerprint density at radius 1 is 1.06 bits per heavy atom. The third-order valence-corrected chi connectivity index (χ3v) is 4.82. The quantitative estimate of drug-likeness (QED) is 0.580. The predicted molar refractivity (Wildman–Crippen MR) is 117 cm³/mol. The van der Waals surface area contributed by atoms with Gasteiger partial charge in [-0.25, -0.2) is 9.59 Å². The highest BCUT2D eigenvalue weighted by atomic mass is 16.5. The fourth-order valence-electron chi connectivity index (χ4n) is 3.16. The van der Waals surface area contributed by atoms with Crippen molar-refractivity contribution in [2.45, 2.75) is 45.8 Å². The molecule has 0 radical (unpaired) electrons. The van der Waals surface area contributed by atoms with Crippen LogP contribution in [-0.4, -0.2) is 36.7 Å². The van der Waals surface area contributed by atoms with E-state index in [2.05, 4.69) is 4.74 Å². The van der Waals surface area contributed by atoms with Crippen molar-refractivity contribution >= 4 is 23.5 Å². The molecular weight excluding hydrogens is 398 g/mol. The van der Waals surface area contributed by atoms with Crippen LogP contribution in [0.3, 0.4) is 0 Å². The number of hydrogen-bond acceptors (Lipinski definition) is 6. The van der Waals surface area contributed by atoms with E-state index in [1.54, 1.807) is 60.4 Å². The molecule has 2 rings (SSSR count). The van der Waals surface area contributed by atoms with Crippen molar-refractivity contribution in [1.82, 2.24) is 0 Å². The lowest BCUT2D eigenvalue weighted by molar-refractivity contribution is -0.150. The lowest BCUT2D eigenvalue weighted by atomic mass is 10.0. The van der Waals surface area contributed by atoms with Crippen molar-refractivity contribution in [1.29, 1.82) is 0 Å². The molecule has 0 fully saturated rings. The van der Waals surface area contributed by atoms with Crippen LogP contribution < -0.4 is 4.90 Å². The first-order valence-corrected chi connectivity index (χ1v) is 10.3. The molecule has 0 spiro atoms. The number of hydrogen-bond donors (Lipinski definition) is 1. The number of aliphatic hydroxyl groups is 1. The molecule has 1 amide bonds. The van der Waals surface area contributed by atoms with Gasteiger partial charge in [0.1, 0.15) is 0 Å². The highest BCUT2D eigenvalue weighted by Gasteiger charge is 2.24. The van der Waals surface area contributed by atoms with Gasteiger partial charge in [0, 0.05) is 12.1 Å².